The molecule has 2 heterocycles. The molecule has 4 rings (SSSR count). The number of aryl methyl sites for hydroxylation is 1. The molecule has 0 atom stereocenters. The minimum absolute atomic E-state index is 0.107. The quantitative estimate of drug-likeness (QED) is 0.511. The van der Waals surface area contributed by atoms with Crippen molar-refractivity contribution in [3.8, 4) is 11.3 Å². The summed E-state index contributed by atoms with van der Waals surface area (Å²) in [5.74, 6) is -0.413. The van der Waals surface area contributed by atoms with Crippen LogP contribution in [0, 0.1) is 0 Å². The third-order valence-corrected chi connectivity index (χ3v) is 4.78. The number of fused-ring (bicyclic) bond motifs is 1. The topological polar surface area (TPSA) is 76.9 Å². The molecule has 144 valence electrons. The van der Waals surface area contributed by atoms with Crippen molar-refractivity contribution in [3.63, 3.8) is 0 Å². The largest absolute Gasteiger partial charge is 0.321 e. The molecule has 0 aliphatic carbocycles. The van der Waals surface area contributed by atoms with Crippen molar-refractivity contribution in [1.82, 2.24) is 14.8 Å². The van der Waals surface area contributed by atoms with Gasteiger partial charge in [0.25, 0.3) is 5.91 Å². The molecule has 2 aromatic heterocycles. The Morgan fingerprint density at radius 2 is 1.72 bits per heavy atom. The van der Waals surface area contributed by atoms with Crippen LogP contribution in [-0.4, -0.2) is 26.5 Å². The van der Waals surface area contributed by atoms with E-state index in [1.807, 2.05) is 37.3 Å². The van der Waals surface area contributed by atoms with Crippen LogP contribution < -0.4 is 5.32 Å². The maximum atomic E-state index is 13.2. The minimum Gasteiger partial charge on any atom is -0.321 e. The van der Waals surface area contributed by atoms with Crippen molar-refractivity contribution in [2.45, 2.75) is 20.4 Å². The molecule has 4 aromatic rings. The molecule has 0 radical (unpaired) electrons. The first-order chi connectivity index (χ1) is 14.1. The lowest BCUT2D eigenvalue weighted by atomic mass is 10.1. The predicted octanol–water partition coefficient (Wildman–Crippen LogP) is 4.57. The van der Waals surface area contributed by atoms with Gasteiger partial charge in [-0.25, -0.2) is 9.67 Å². The van der Waals surface area contributed by atoms with Gasteiger partial charge in [0, 0.05) is 17.7 Å². The summed E-state index contributed by atoms with van der Waals surface area (Å²) in [5.41, 5.74) is 3.68. The highest BCUT2D eigenvalue weighted by Gasteiger charge is 2.18. The Morgan fingerprint density at radius 1 is 1.00 bits per heavy atom. The number of Topliss-reactive ketones (excluding diaryl/α,β-unsaturated/α-hetero) is 1. The summed E-state index contributed by atoms with van der Waals surface area (Å²) in [5, 5.41) is 7.92. The van der Waals surface area contributed by atoms with E-state index in [2.05, 4.69) is 10.4 Å². The molecule has 0 saturated heterocycles. The van der Waals surface area contributed by atoms with Crippen LogP contribution in [0.1, 0.15) is 34.6 Å². The Kier molecular flexibility index (Phi) is 4.91. The zero-order valence-corrected chi connectivity index (χ0v) is 16.2. The number of pyridine rings is 1. The highest BCUT2D eigenvalue weighted by molar-refractivity contribution is 6.14. The maximum Gasteiger partial charge on any atom is 0.256 e. The van der Waals surface area contributed by atoms with Crippen molar-refractivity contribution in [2.75, 3.05) is 5.32 Å². The predicted molar refractivity (Wildman–Crippen MR) is 113 cm³/mol. The van der Waals surface area contributed by atoms with Gasteiger partial charge in [-0.1, -0.05) is 42.5 Å². The number of benzene rings is 2. The highest BCUT2D eigenvalue weighted by Crippen LogP contribution is 2.26. The van der Waals surface area contributed by atoms with E-state index in [1.54, 1.807) is 41.2 Å². The molecule has 29 heavy (non-hydrogen) atoms. The number of ketones is 1. The van der Waals surface area contributed by atoms with Crippen molar-refractivity contribution >= 4 is 28.4 Å². The fourth-order valence-electron chi connectivity index (χ4n) is 3.31. The number of carbonyl (C=O) groups is 2. The van der Waals surface area contributed by atoms with Gasteiger partial charge in [0.1, 0.15) is 0 Å². The van der Waals surface area contributed by atoms with Crippen LogP contribution in [0.4, 0.5) is 5.69 Å². The van der Waals surface area contributed by atoms with Crippen LogP contribution in [0.5, 0.6) is 0 Å². The summed E-state index contributed by atoms with van der Waals surface area (Å²) in [7, 11) is 0. The summed E-state index contributed by atoms with van der Waals surface area (Å²) < 4.78 is 1.77. The lowest BCUT2D eigenvalue weighted by Crippen LogP contribution is -2.15. The second kappa shape index (κ2) is 7.67. The highest BCUT2D eigenvalue weighted by atomic mass is 16.1. The third kappa shape index (κ3) is 3.52. The average Bonchev–Trinajstić information content (AvgIpc) is 3.17. The lowest BCUT2D eigenvalue weighted by molar-refractivity contribution is 0.101. The molecule has 6 nitrogen and oxygen atoms in total. The fourth-order valence-corrected chi connectivity index (χ4v) is 3.31. The van der Waals surface area contributed by atoms with Gasteiger partial charge in [-0.2, -0.15) is 5.10 Å². The molecular weight excluding hydrogens is 364 g/mol. The third-order valence-electron chi connectivity index (χ3n) is 4.78. The zero-order valence-electron chi connectivity index (χ0n) is 16.2. The summed E-state index contributed by atoms with van der Waals surface area (Å²) in [4.78, 5) is 29.8. The molecule has 0 aliphatic heterocycles. The van der Waals surface area contributed by atoms with E-state index >= 15 is 0 Å². The van der Waals surface area contributed by atoms with E-state index in [0.717, 1.165) is 5.56 Å². The molecule has 2 aromatic carbocycles. The number of nitrogens with one attached hydrogen (secondary N) is 1. The second-order valence-electron chi connectivity index (χ2n) is 6.67. The fraction of sp³-hybridized carbons (Fsp3) is 0.130. The molecule has 0 bridgehead atoms. The molecule has 0 aliphatic rings. The van der Waals surface area contributed by atoms with Gasteiger partial charge >= 0.3 is 0 Å². The number of hydrogen-bond acceptors (Lipinski definition) is 4. The first-order valence-electron chi connectivity index (χ1n) is 9.41. The van der Waals surface area contributed by atoms with Crippen LogP contribution >= 0.6 is 0 Å². The molecule has 0 saturated carbocycles. The average molecular weight is 384 g/mol. The van der Waals surface area contributed by atoms with Crippen LogP contribution in [0.2, 0.25) is 0 Å². The molecule has 1 N–H and O–H groups in total. The monoisotopic (exact) mass is 384 g/mol. The van der Waals surface area contributed by atoms with E-state index in [0.29, 0.717) is 40.1 Å². The van der Waals surface area contributed by atoms with Crippen LogP contribution in [-0.2, 0) is 6.54 Å². The first kappa shape index (κ1) is 18.6. The van der Waals surface area contributed by atoms with E-state index < -0.39 is 0 Å². The van der Waals surface area contributed by atoms with Crippen molar-refractivity contribution in [2.24, 2.45) is 0 Å². The number of amides is 1. The Hall–Kier alpha value is -3.80. The number of para-hydroxylation sites is 1. The van der Waals surface area contributed by atoms with Gasteiger partial charge in [-0.05, 0) is 32.0 Å². The number of carbonyl (C=O) groups excluding carboxylic acids is 2. The number of aromatic nitrogens is 3. The van der Waals surface area contributed by atoms with Crippen molar-refractivity contribution in [1.29, 1.82) is 0 Å². The van der Waals surface area contributed by atoms with Gasteiger partial charge in [0.05, 0.1) is 28.5 Å². The molecule has 0 fully saturated rings. The van der Waals surface area contributed by atoms with Crippen LogP contribution in [0.15, 0.2) is 66.9 Å². The summed E-state index contributed by atoms with van der Waals surface area (Å²) in [6.07, 6.45) is 1.66. The smallest absolute Gasteiger partial charge is 0.256 e. The Morgan fingerprint density at radius 3 is 2.45 bits per heavy atom. The summed E-state index contributed by atoms with van der Waals surface area (Å²) in [6, 6.07) is 18.5. The Labute approximate surface area is 168 Å². The van der Waals surface area contributed by atoms with E-state index in [4.69, 9.17) is 4.98 Å². The van der Waals surface area contributed by atoms with Gasteiger partial charge in [-0.3, -0.25) is 9.59 Å². The minimum atomic E-state index is -0.307. The number of anilines is 1. The second-order valence-corrected chi connectivity index (χ2v) is 6.67. The van der Waals surface area contributed by atoms with Crippen LogP contribution in [0.3, 0.4) is 0 Å². The first-order valence-corrected chi connectivity index (χ1v) is 9.41. The van der Waals surface area contributed by atoms with Crippen molar-refractivity contribution in [3.05, 3.63) is 78.0 Å². The molecule has 0 spiro atoms. The summed E-state index contributed by atoms with van der Waals surface area (Å²) >= 11 is 0. The van der Waals surface area contributed by atoms with Gasteiger partial charge in [0.15, 0.2) is 11.4 Å². The standard InChI is InChI=1S/C23H20N4O2/c1-3-27-22-19(14-24-27)18(13-21(25-22)16-9-5-4-6-10-16)23(29)26-20-12-8-7-11-17(20)15(2)28/h4-14H,3H2,1-2H3,(H,26,29). The van der Waals surface area contributed by atoms with E-state index in [9.17, 15) is 9.59 Å². The molecular formula is C23H20N4O2. The van der Waals surface area contributed by atoms with Gasteiger partial charge in [-0.15, -0.1) is 0 Å². The molecule has 0 unspecified atom stereocenters. The van der Waals surface area contributed by atoms with Crippen LogP contribution in [0.25, 0.3) is 22.3 Å². The Balaban J connectivity index is 1.83. The number of nitrogens with zero attached hydrogens (tertiary/aromatic N) is 3. The zero-order chi connectivity index (χ0) is 20.4. The van der Waals surface area contributed by atoms with Gasteiger partial charge in [0.2, 0.25) is 0 Å². The SMILES string of the molecule is CCn1ncc2c(C(=O)Nc3ccccc3C(C)=O)cc(-c3ccccc3)nc21. The van der Waals surface area contributed by atoms with E-state index in [-0.39, 0.29) is 11.7 Å². The Bertz CT molecular complexity index is 1210. The molecule has 1 amide bonds. The normalized spacial score (nSPS) is 10.8. The van der Waals surface area contributed by atoms with E-state index in [1.165, 1.54) is 6.92 Å². The van der Waals surface area contributed by atoms with Crippen molar-refractivity contribution < 1.29 is 9.59 Å². The number of rotatable bonds is 5. The summed E-state index contributed by atoms with van der Waals surface area (Å²) in [6.45, 7) is 4.10. The molecule has 6 heteroatoms. The number of hydrogen-bond donors (Lipinski definition) is 1. The lowest BCUT2D eigenvalue weighted by Gasteiger charge is -2.11. The van der Waals surface area contributed by atoms with Gasteiger partial charge < -0.3 is 5.32 Å². The maximum absolute atomic E-state index is 13.2.